The monoisotopic (exact) mass is 348 g/mol. The zero-order valence-corrected chi connectivity index (χ0v) is 16.1. The van der Waals surface area contributed by atoms with Crippen molar-refractivity contribution < 1.29 is 19.1 Å². The zero-order valence-electron chi connectivity index (χ0n) is 16.1. The maximum atomic E-state index is 11.6. The van der Waals surface area contributed by atoms with Gasteiger partial charge in [-0.15, -0.1) is 0 Å². The van der Waals surface area contributed by atoms with E-state index in [-0.39, 0.29) is 11.4 Å². The molecule has 136 valence electrons. The van der Waals surface area contributed by atoms with E-state index in [1.807, 2.05) is 41.5 Å². The summed E-state index contributed by atoms with van der Waals surface area (Å²) in [5.41, 5.74) is 7.64. The SMILES string of the molecule is CC(=O)Oc1cc(C(C)(C)C)c(OC(C)=O)c(N=[N+]=N)c1C(C)(C)C. The summed E-state index contributed by atoms with van der Waals surface area (Å²) in [6, 6.07) is 1.70. The van der Waals surface area contributed by atoms with Gasteiger partial charge in [-0.1, -0.05) is 41.5 Å². The zero-order chi connectivity index (χ0) is 19.6. The van der Waals surface area contributed by atoms with E-state index >= 15 is 0 Å². The molecular formula is C18H26N3O4+. The first kappa shape index (κ1) is 20.5. The normalized spacial score (nSPS) is 11.5. The van der Waals surface area contributed by atoms with Gasteiger partial charge < -0.3 is 9.47 Å². The van der Waals surface area contributed by atoms with Crippen LogP contribution in [-0.2, 0) is 20.4 Å². The van der Waals surface area contributed by atoms with Gasteiger partial charge in [0.1, 0.15) is 11.3 Å². The first-order chi connectivity index (χ1) is 11.3. The predicted octanol–water partition coefficient (Wildman–Crippen LogP) is 4.31. The van der Waals surface area contributed by atoms with E-state index in [0.717, 1.165) is 0 Å². The lowest BCUT2D eigenvalue weighted by atomic mass is 9.79. The van der Waals surface area contributed by atoms with Crippen LogP contribution in [0.4, 0.5) is 5.69 Å². The Morgan fingerprint density at radius 3 is 1.88 bits per heavy atom. The fraction of sp³-hybridized carbons (Fsp3) is 0.556. The molecular weight excluding hydrogens is 322 g/mol. The largest absolute Gasteiger partial charge is 0.426 e. The van der Waals surface area contributed by atoms with Crippen LogP contribution in [0.2, 0.25) is 0 Å². The highest BCUT2D eigenvalue weighted by Gasteiger charge is 2.35. The predicted molar refractivity (Wildman–Crippen MR) is 93.4 cm³/mol. The number of carbonyl (C=O) groups excluding carboxylic acids is 2. The second-order valence-corrected chi connectivity index (χ2v) is 7.86. The highest BCUT2D eigenvalue weighted by Crippen LogP contribution is 2.49. The fourth-order valence-corrected chi connectivity index (χ4v) is 2.54. The van der Waals surface area contributed by atoms with Crippen molar-refractivity contribution >= 4 is 17.6 Å². The molecule has 0 atom stereocenters. The molecule has 1 rings (SSSR count). The van der Waals surface area contributed by atoms with Gasteiger partial charge in [-0.25, -0.2) is 0 Å². The Morgan fingerprint density at radius 2 is 1.52 bits per heavy atom. The number of hydrogen-bond acceptors (Lipinski definition) is 6. The minimum atomic E-state index is -0.507. The van der Waals surface area contributed by atoms with Gasteiger partial charge in [-0.3, -0.25) is 9.59 Å². The smallest absolute Gasteiger partial charge is 0.308 e. The Balaban J connectivity index is 4.06. The summed E-state index contributed by atoms with van der Waals surface area (Å²) in [6.07, 6.45) is 0. The Labute approximate surface area is 147 Å². The molecule has 1 aromatic rings. The molecule has 0 spiro atoms. The van der Waals surface area contributed by atoms with Crippen molar-refractivity contribution in [2.45, 2.75) is 66.2 Å². The molecule has 0 bridgehead atoms. The van der Waals surface area contributed by atoms with Gasteiger partial charge in [0.2, 0.25) is 10.6 Å². The molecule has 0 aliphatic carbocycles. The Hall–Kier alpha value is -2.53. The number of rotatable bonds is 3. The maximum absolute atomic E-state index is 11.6. The molecule has 0 amide bonds. The summed E-state index contributed by atoms with van der Waals surface area (Å²) in [7, 11) is 0. The standard InChI is InChI=1S/C18H26N3O4/c1-10(22)24-13-9-12(17(3,4)5)16(25-11(2)23)15(20-21-19)14(13)18(6,7)8/h9,19H,1-8H3/q+1. The molecule has 1 N–H and O–H groups in total. The third kappa shape index (κ3) is 4.97. The van der Waals surface area contributed by atoms with E-state index in [0.29, 0.717) is 16.9 Å². The number of nitrogens with zero attached hydrogens (tertiary/aromatic N) is 2. The molecule has 0 radical (unpaired) electrons. The first-order valence-electron chi connectivity index (χ1n) is 7.95. The van der Waals surface area contributed by atoms with Crippen molar-refractivity contribution in [3.8, 4) is 11.5 Å². The lowest BCUT2D eigenvalue weighted by Crippen LogP contribution is -2.21. The summed E-state index contributed by atoms with van der Waals surface area (Å²) in [4.78, 5) is 26.4. The van der Waals surface area contributed by atoms with Crippen LogP contribution in [0.15, 0.2) is 11.2 Å². The third-order valence-corrected chi connectivity index (χ3v) is 3.43. The molecule has 1 aromatic carbocycles. The van der Waals surface area contributed by atoms with E-state index in [9.17, 15) is 9.59 Å². The minimum absolute atomic E-state index is 0.223. The van der Waals surface area contributed by atoms with Gasteiger partial charge in [0, 0.05) is 25.0 Å². The molecule has 0 aromatic heterocycles. The van der Waals surface area contributed by atoms with Crippen LogP contribution in [0, 0.1) is 5.53 Å². The van der Waals surface area contributed by atoms with Crippen molar-refractivity contribution in [3.05, 3.63) is 17.2 Å². The van der Waals surface area contributed by atoms with Crippen LogP contribution in [0.5, 0.6) is 11.5 Å². The molecule has 0 unspecified atom stereocenters. The fourth-order valence-electron chi connectivity index (χ4n) is 2.54. The van der Waals surface area contributed by atoms with E-state index in [1.54, 1.807) is 6.07 Å². The second kappa shape index (κ2) is 7.15. The number of benzene rings is 1. The maximum Gasteiger partial charge on any atom is 0.308 e. The minimum Gasteiger partial charge on any atom is -0.426 e. The molecule has 0 saturated carbocycles. The molecule has 7 heteroatoms. The van der Waals surface area contributed by atoms with Gasteiger partial charge in [0.05, 0.1) is 0 Å². The van der Waals surface area contributed by atoms with Crippen LogP contribution >= 0.6 is 0 Å². The summed E-state index contributed by atoms with van der Waals surface area (Å²) in [5.74, 6) is -0.425. The van der Waals surface area contributed by atoms with Crippen molar-refractivity contribution in [1.29, 1.82) is 5.53 Å². The molecule has 7 nitrogen and oxygen atoms in total. The molecule has 0 heterocycles. The van der Waals surface area contributed by atoms with Gasteiger partial charge in [0.15, 0.2) is 10.9 Å². The van der Waals surface area contributed by atoms with Crippen LogP contribution < -0.4 is 14.4 Å². The molecule has 0 saturated heterocycles. The average Bonchev–Trinajstić information content (AvgIpc) is 2.37. The summed E-state index contributed by atoms with van der Waals surface area (Å²) < 4.78 is 10.8. The molecule has 0 aliphatic heterocycles. The molecule has 25 heavy (non-hydrogen) atoms. The van der Waals surface area contributed by atoms with Gasteiger partial charge >= 0.3 is 11.9 Å². The lowest BCUT2D eigenvalue weighted by molar-refractivity contribution is -0.133. The number of hydrogen-bond donors (Lipinski definition) is 1. The summed E-state index contributed by atoms with van der Waals surface area (Å²) >= 11 is 0. The molecule has 0 fully saturated rings. The van der Waals surface area contributed by atoms with E-state index in [1.165, 1.54) is 13.8 Å². The first-order valence-corrected chi connectivity index (χ1v) is 7.95. The third-order valence-electron chi connectivity index (χ3n) is 3.43. The van der Waals surface area contributed by atoms with Crippen LogP contribution in [-0.4, -0.2) is 11.9 Å². The number of nitrogens with one attached hydrogen (secondary N) is 1. The number of ether oxygens (including phenoxy) is 2. The van der Waals surface area contributed by atoms with Gasteiger partial charge in [-0.05, 0) is 16.9 Å². The van der Waals surface area contributed by atoms with Gasteiger partial charge in [-0.2, -0.15) is 0 Å². The van der Waals surface area contributed by atoms with Crippen LogP contribution in [0.25, 0.3) is 0 Å². The Morgan fingerprint density at radius 1 is 1.00 bits per heavy atom. The highest BCUT2D eigenvalue weighted by atomic mass is 16.5. The van der Waals surface area contributed by atoms with E-state index < -0.39 is 22.8 Å². The quantitative estimate of drug-likeness (QED) is 0.380. The number of esters is 2. The van der Waals surface area contributed by atoms with Crippen LogP contribution in [0.1, 0.15) is 66.5 Å². The Bertz CT molecular complexity index is 749. The highest BCUT2D eigenvalue weighted by molar-refractivity contribution is 5.79. The Kier molecular flexibility index (Phi) is 5.87. The van der Waals surface area contributed by atoms with Crippen LogP contribution in [0.3, 0.4) is 0 Å². The van der Waals surface area contributed by atoms with Crippen molar-refractivity contribution in [2.75, 3.05) is 0 Å². The summed E-state index contributed by atoms with van der Waals surface area (Å²) in [5, 5.41) is 3.89. The average molecular weight is 348 g/mol. The lowest BCUT2D eigenvalue weighted by Gasteiger charge is -2.28. The van der Waals surface area contributed by atoms with E-state index in [4.69, 9.17) is 15.0 Å². The number of carbonyl (C=O) groups is 2. The van der Waals surface area contributed by atoms with Crippen molar-refractivity contribution in [1.82, 2.24) is 4.91 Å². The molecule has 0 aliphatic rings. The second-order valence-electron chi connectivity index (χ2n) is 7.86. The van der Waals surface area contributed by atoms with E-state index in [2.05, 4.69) is 10.0 Å². The topological polar surface area (TPSA) is 103 Å². The van der Waals surface area contributed by atoms with Crippen molar-refractivity contribution in [2.24, 2.45) is 5.11 Å². The summed E-state index contributed by atoms with van der Waals surface area (Å²) in [6.45, 7) is 14.1. The van der Waals surface area contributed by atoms with Gasteiger partial charge in [0.25, 0.3) is 0 Å². The van der Waals surface area contributed by atoms with Crippen molar-refractivity contribution in [3.63, 3.8) is 0 Å².